The molecule has 0 bridgehead atoms. The van der Waals surface area contributed by atoms with Crippen LogP contribution in [0.1, 0.15) is 25.3 Å². The molecule has 0 heterocycles. The van der Waals surface area contributed by atoms with Gasteiger partial charge in [-0.05, 0) is 18.4 Å². The van der Waals surface area contributed by atoms with E-state index in [0.717, 1.165) is 12.8 Å². The second kappa shape index (κ2) is 5.04. The third-order valence-corrected chi connectivity index (χ3v) is 3.14. The Hall–Kier alpha value is -1.77. The van der Waals surface area contributed by atoms with Crippen LogP contribution >= 0.6 is 0 Å². The van der Waals surface area contributed by atoms with E-state index in [9.17, 15) is 4.79 Å². The molecule has 90 valence electrons. The van der Waals surface area contributed by atoms with Crippen LogP contribution in [0, 0.1) is 5.92 Å². The van der Waals surface area contributed by atoms with Crippen molar-refractivity contribution in [3.8, 4) is 0 Å². The number of hydrogen-bond donors (Lipinski definition) is 2. The van der Waals surface area contributed by atoms with Crippen LogP contribution in [0.5, 0.6) is 0 Å². The van der Waals surface area contributed by atoms with Gasteiger partial charge in [-0.1, -0.05) is 48.9 Å². The predicted octanol–water partition coefficient (Wildman–Crippen LogP) is 3.14. The van der Waals surface area contributed by atoms with Gasteiger partial charge in [0.05, 0.1) is 0 Å². The Morgan fingerprint density at radius 2 is 2.18 bits per heavy atom. The number of carbonyl (C=O) groups is 1. The van der Waals surface area contributed by atoms with Crippen molar-refractivity contribution in [1.82, 2.24) is 5.32 Å². The fourth-order valence-corrected chi connectivity index (χ4v) is 2.16. The second-order valence-electron chi connectivity index (χ2n) is 4.38. The normalized spacial score (nSPS) is 23.2. The van der Waals surface area contributed by atoms with Crippen molar-refractivity contribution in [2.45, 2.75) is 25.8 Å². The first kappa shape index (κ1) is 11.7. The summed E-state index contributed by atoms with van der Waals surface area (Å²) >= 11 is 0. The number of carboxylic acid groups (broad SMARTS) is 1. The molecule has 0 unspecified atom stereocenters. The van der Waals surface area contributed by atoms with Gasteiger partial charge >= 0.3 is 6.09 Å². The van der Waals surface area contributed by atoms with Crippen LogP contribution < -0.4 is 5.32 Å². The van der Waals surface area contributed by atoms with Crippen molar-refractivity contribution in [2.75, 3.05) is 0 Å². The highest BCUT2D eigenvalue weighted by Gasteiger charge is 2.40. The van der Waals surface area contributed by atoms with Crippen molar-refractivity contribution >= 4 is 12.2 Å². The van der Waals surface area contributed by atoms with Gasteiger partial charge in [0.25, 0.3) is 0 Å². The molecule has 3 heteroatoms. The molecule has 3 nitrogen and oxygen atoms in total. The van der Waals surface area contributed by atoms with Crippen LogP contribution in [0.3, 0.4) is 0 Å². The average Bonchev–Trinajstić information content (AvgIpc) is 3.05. The van der Waals surface area contributed by atoms with Gasteiger partial charge in [0.1, 0.15) is 0 Å². The molecular formula is C14H17NO2. The Morgan fingerprint density at radius 3 is 2.76 bits per heavy atom. The maximum atomic E-state index is 10.5. The van der Waals surface area contributed by atoms with Crippen molar-refractivity contribution in [2.24, 2.45) is 5.92 Å². The summed E-state index contributed by atoms with van der Waals surface area (Å²) in [5, 5.41) is 11.2. The van der Waals surface area contributed by atoms with E-state index in [-0.39, 0.29) is 6.04 Å². The molecule has 0 spiro atoms. The number of amides is 1. The summed E-state index contributed by atoms with van der Waals surface area (Å²) in [4.78, 5) is 10.5. The van der Waals surface area contributed by atoms with Crippen molar-refractivity contribution in [3.63, 3.8) is 0 Å². The van der Waals surface area contributed by atoms with Gasteiger partial charge < -0.3 is 10.4 Å². The van der Waals surface area contributed by atoms with Crippen LogP contribution in [0.25, 0.3) is 6.08 Å². The minimum absolute atomic E-state index is 0.113. The van der Waals surface area contributed by atoms with E-state index < -0.39 is 6.09 Å². The summed E-state index contributed by atoms with van der Waals surface area (Å²) in [5.74, 6) is 0.385. The molecule has 0 aromatic heterocycles. The van der Waals surface area contributed by atoms with E-state index in [2.05, 4.69) is 30.4 Å². The molecule has 0 saturated heterocycles. The molecule has 1 aliphatic carbocycles. The molecule has 2 N–H and O–H groups in total. The highest BCUT2D eigenvalue weighted by atomic mass is 16.4. The molecule has 1 aromatic rings. The Bertz CT molecular complexity index is 425. The predicted molar refractivity (Wildman–Crippen MR) is 67.8 cm³/mol. The average molecular weight is 231 g/mol. The van der Waals surface area contributed by atoms with E-state index in [1.165, 1.54) is 11.1 Å². The van der Waals surface area contributed by atoms with Crippen molar-refractivity contribution in [1.29, 1.82) is 0 Å². The lowest BCUT2D eigenvalue weighted by Crippen LogP contribution is -2.24. The van der Waals surface area contributed by atoms with Crippen molar-refractivity contribution in [3.05, 3.63) is 41.5 Å². The molecule has 1 aromatic carbocycles. The molecule has 1 aliphatic rings. The first-order valence-electron chi connectivity index (χ1n) is 5.95. The highest BCUT2D eigenvalue weighted by Crippen LogP contribution is 2.39. The fraction of sp³-hybridized carbons (Fsp3) is 0.357. The molecule has 1 fully saturated rings. The molecule has 0 radical (unpaired) electrons. The van der Waals surface area contributed by atoms with E-state index >= 15 is 0 Å². The number of rotatable bonds is 4. The zero-order chi connectivity index (χ0) is 12.3. The van der Waals surface area contributed by atoms with E-state index in [0.29, 0.717) is 5.92 Å². The summed E-state index contributed by atoms with van der Waals surface area (Å²) in [5.41, 5.74) is 2.51. The molecule has 1 saturated carbocycles. The standard InChI is InChI=1S/C14H17NO2/c1-2-11(8-10-6-4-3-5-7-10)12-9-13(12)15-14(16)17/h3-8,12-13,15H,2,9H2,1H3,(H,16,17)/t12-,13+/m0/s1. The topological polar surface area (TPSA) is 49.3 Å². The number of hydrogen-bond acceptors (Lipinski definition) is 1. The van der Waals surface area contributed by atoms with Gasteiger partial charge in [0, 0.05) is 12.0 Å². The number of nitrogens with one attached hydrogen (secondary N) is 1. The lowest BCUT2D eigenvalue weighted by molar-refractivity contribution is 0.193. The maximum Gasteiger partial charge on any atom is 0.404 e. The van der Waals surface area contributed by atoms with Gasteiger partial charge in [-0.15, -0.1) is 0 Å². The van der Waals surface area contributed by atoms with Gasteiger partial charge in [-0.2, -0.15) is 0 Å². The molecular weight excluding hydrogens is 214 g/mol. The van der Waals surface area contributed by atoms with Crippen LogP contribution in [0.2, 0.25) is 0 Å². The third kappa shape index (κ3) is 3.09. The maximum absolute atomic E-state index is 10.5. The molecule has 0 aliphatic heterocycles. The van der Waals surface area contributed by atoms with Crippen LogP contribution in [0.15, 0.2) is 35.9 Å². The Labute approximate surface area is 101 Å². The molecule has 17 heavy (non-hydrogen) atoms. The fourth-order valence-electron chi connectivity index (χ4n) is 2.16. The van der Waals surface area contributed by atoms with Crippen LogP contribution in [-0.2, 0) is 0 Å². The SMILES string of the molecule is CCC(=Cc1ccccc1)[C@@H]1C[C@H]1NC(=O)O. The Morgan fingerprint density at radius 1 is 1.47 bits per heavy atom. The third-order valence-electron chi connectivity index (χ3n) is 3.14. The Kier molecular flexibility index (Phi) is 3.47. The first-order valence-corrected chi connectivity index (χ1v) is 5.95. The largest absolute Gasteiger partial charge is 0.465 e. The minimum atomic E-state index is -0.923. The smallest absolute Gasteiger partial charge is 0.404 e. The van der Waals surface area contributed by atoms with Crippen LogP contribution in [-0.4, -0.2) is 17.2 Å². The Balaban J connectivity index is 2.04. The summed E-state index contributed by atoms with van der Waals surface area (Å²) in [6, 6.07) is 10.3. The lowest BCUT2D eigenvalue weighted by Gasteiger charge is -2.04. The summed E-state index contributed by atoms with van der Waals surface area (Å²) in [6.07, 6.45) is 3.15. The van der Waals surface area contributed by atoms with E-state index in [1.807, 2.05) is 18.2 Å². The van der Waals surface area contributed by atoms with Crippen LogP contribution in [0.4, 0.5) is 4.79 Å². The van der Waals surface area contributed by atoms with Gasteiger partial charge in [-0.25, -0.2) is 4.79 Å². The van der Waals surface area contributed by atoms with Gasteiger partial charge in [-0.3, -0.25) is 0 Å². The second-order valence-corrected chi connectivity index (χ2v) is 4.38. The van der Waals surface area contributed by atoms with Gasteiger partial charge in [0.15, 0.2) is 0 Å². The summed E-state index contributed by atoms with van der Waals surface area (Å²) < 4.78 is 0. The monoisotopic (exact) mass is 231 g/mol. The summed E-state index contributed by atoms with van der Waals surface area (Å²) in [6.45, 7) is 2.12. The minimum Gasteiger partial charge on any atom is -0.465 e. The van der Waals surface area contributed by atoms with Crippen molar-refractivity contribution < 1.29 is 9.90 Å². The lowest BCUT2D eigenvalue weighted by atomic mass is 10.0. The quantitative estimate of drug-likeness (QED) is 0.836. The summed E-state index contributed by atoms with van der Waals surface area (Å²) in [7, 11) is 0. The molecule has 2 rings (SSSR count). The number of benzene rings is 1. The highest BCUT2D eigenvalue weighted by molar-refractivity contribution is 5.66. The first-order chi connectivity index (χ1) is 8.20. The molecule has 1 amide bonds. The zero-order valence-electron chi connectivity index (χ0n) is 9.89. The molecule has 2 atom stereocenters. The van der Waals surface area contributed by atoms with Gasteiger partial charge in [0.2, 0.25) is 0 Å². The zero-order valence-corrected chi connectivity index (χ0v) is 9.89. The van der Waals surface area contributed by atoms with E-state index in [4.69, 9.17) is 5.11 Å². The van der Waals surface area contributed by atoms with E-state index in [1.54, 1.807) is 0 Å².